The third-order valence-electron chi connectivity index (χ3n) is 3.33. The van der Waals surface area contributed by atoms with Crippen molar-refractivity contribution in [2.24, 2.45) is 11.7 Å². The van der Waals surface area contributed by atoms with Gasteiger partial charge in [-0.05, 0) is 36.5 Å². The molecule has 3 nitrogen and oxygen atoms in total. The molecule has 0 aromatic heterocycles. The highest BCUT2D eigenvalue weighted by molar-refractivity contribution is 5.78. The molecule has 0 saturated heterocycles. The van der Waals surface area contributed by atoms with E-state index in [0.29, 0.717) is 18.9 Å². The highest BCUT2D eigenvalue weighted by Crippen LogP contribution is 2.10. The quantitative estimate of drug-likeness (QED) is 0.836. The minimum absolute atomic E-state index is 0.0219. The van der Waals surface area contributed by atoms with Crippen LogP contribution >= 0.6 is 0 Å². The number of benzene rings is 1. The molecule has 1 amide bonds. The van der Waals surface area contributed by atoms with E-state index in [9.17, 15) is 4.79 Å². The number of hydrogen-bond donors (Lipinski definition) is 2. The number of aryl methyl sites for hydroxylation is 2. The van der Waals surface area contributed by atoms with Crippen LogP contribution in [0.1, 0.15) is 30.5 Å². The van der Waals surface area contributed by atoms with E-state index in [2.05, 4.69) is 45.1 Å². The van der Waals surface area contributed by atoms with Gasteiger partial charge in [0, 0.05) is 12.6 Å². The van der Waals surface area contributed by atoms with Gasteiger partial charge in [0.15, 0.2) is 0 Å². The molecule has 100 valence electrons. The third-order valence-corrected chi connectivity index (χ3v) is 3.33. The summed E-state index contributed by atoms with van der Waals surface area (Å²) in [6.07, 6.45) is 0.423. The summed E-state index contributed by atoms with van der Waals surface area (Å²) in [5.74, 6) is 0.418. The van der Waals surface area contributed by atoms with Gasteiger partial charge in [0.05, 0.1) is 6.42 Å². The number of nitrogens with two attached hydrogens (primary N) is 1. The average molecular weight is 248 g/mol. The Morgan fingerprint density at radius 3 is 2.50 bits per heavy atom. The Bertz CT molecular complexity index is 413. The van der Waals surface area contributed by atoms with Gasteiger partial charge in [-0.3, -0.25) is 4.79 Å². The summed E-state index contributed by atoms with van der Waals surface area (Å²) in [5, 5.41) is 2.88. The lowest BCUT2D eigenvalue weighted by Gasteiger charge is -2.16. The highest BCUT2D eigenvalue weighted by atomic mass is 16.1. The van der Waals surface area contributed by atoms with Crippen molar-refractivity contribution in [1.29, 1.82) is 0 Å². The molecule has 0 heterocycles. The zero-order chi connectivity index (χ0) is 13.7. The molecule has 1 aromatic rings. The standard InChI is InChI=1S/C15H24N2O/c1-10(2)14(16)9-17-15(18)8-13-6-5-11(3)12(4)7-13/h5-7,10,14H,8-9,16H2,1-4H3,(H,17,18). The Morgan fingerprint density at radius 2 is 1.94 bits per heavy atom. The first-order chi connectivity index (χ1) is 8.40. The molecule has 0 aliphatic heterocycles. The molecule has 1 rings (SSSR count). The van der Waals surface area contributed by atoms with Crippen molar-refractivity contribution in [1.82, 2.24) is 5.32 Å². The van der Waals surface area contributed by atoms with Gasteiger partial charge in [0.1, 0.15) is 0 Å². The third kappa shape index (κ3) is 4.49. The maximum atomic E-state index is 11.8. The number of amides is 1. The molecule has 3 N–H and O–H groups in total. The zero-order valence-electron chi connectivity index (χ0n) is 11.8. The fourth-order valence-electron chi connectivity index (χ4n) is 1.63. The van der Waals surface area contributed by atoms with Crippen molar-refractivity contribution < 1.29 is 4.79 Å². The Labute approximate surface area is 110 Å². The predicted octanol–water partition coefficient (Wildman–Crippen LogP) is 1.95. The van der Waals surface area contributed by atoms with Gasteiger partial charge in [-0.2, -0.15) is 0 Å². The normalized spacial score (nSPS) is 12.6. The largest absolute Gasteiger partial charge is 0.354 e. The molecule has 0 aliphatic rings. The van der Waals surface area contributed by atoms with Crippen LogP contribution in [0.3, 0.4) is 0 Å². The van der Waals surface area contributed by atoms with Crippen LogP contribution in [0, 0.1) is 19.8 Å². The maximum absolute atomic E-state index is 11.8. The fourth-order valence-corrected chi connectivity index (χ4v) is 1.63. The van der Waals surface area contributed by atoms with Gasteiger partial charge >= 0.3 is 0 Å². The monoisotopic (exact) mass is 248 g/mol. The summed E-state index contributed by atoms with van der Waals surface area (Å²) in [5.41, 5.74) is 9.41. The molecule has 1 unspecified atom stereocenters. The lowest BCUT2D eigenvalue weighted by Crippen LogP contribution is -2.40. The van der Waals surface area contributed by atoms with Crippen LogP contribution in [0.25, 0.3) is 0 Å². The molecule has 0 bridgehead atoms. The second-order valence-corrected chi connectivity index (χ2v) is 5.31. The molecule has 1 atom stereocenters. The van der Waals surface area contributed by atoms with Crippen molar-refractivity contribution in [3.8, 4) is 0 Å². The van der Waals surface area contributed by atoms with Crippen LogP contribution in [0.2, 0.25) is 0 Å². The minimum atomic E-state index is 0.0219. The zero-order valence-corrected chi connectivity index (χ0v) is 11.8. The van der Waals surface area contributed by atoms with E-state index in [4.69, 9.17) is 5.73 Å². The molecule has 18 heavy (non-hydrogen) atoms. The smallest absolute Gasteiger partial charge is 0.224 e. The van der Waals surface area contributed by atoms with Crippen molar-refractivity contribution in [3.05, 3.63) is 34.9 Å². The Kier molecular flexibility index (Phi) is 5.35. The molecular formula is C15H24N2O. The SMILES string of the molecule is Cc1ccc(CC(=O)NCC(N)C(C)C)cc1C. The van der Waals surface area contributed by atoms with E-state index in [0.717, 1.165) is 5.56 Å². The summed E-state index contributed by atoms with van der Waals surface area (Å²) < 4.78 is 0. The van der Waals surface area contributed by atoms with Gasteiger partial charge in [0.25, 0.3) is 0 Å². The Hall–Kier alpha value is -1.35. The molecule has 0 radical (unpaired) electrons. The van der Waals surface area contributed by atoms with Crippen LogP contribution in [0.5, 0.6) is 0 Å². The van der Waals surface area contributed by atoms with Crippen molar-refractivity contribution >= 4 is 5.91 Å². The molecule has 1 aromatic carbocycles. The van der Waals surface area contributed by atoms with E-state index in [1.807, 2.05) is 6.07 Å². The summed E-state index contributed by atoms with van der Waals surface area (Å²) in [6, 6.07) is 6.15. The Balaban J connectivity index is 2.47. The predicted molar refractivity (Wildman–Crippen MR) is 75.4 cm³/mol. The van der Waals surface area contributed by atoms with Gasteiger partial charge in [0.2, 0.25) is 5.91 Å². The molecule has 0 aliphatic carbocycles. The highest BCUT2D eigenvalue weighted by Gasteiger charge is 2.10. The van der Waals surface area contributed by atoms with Gasteiger partial charge in [-0.1, -0.05) is 32.0 Å². The van der Waals surface area contributed by atoms with Crippen molar-refractivity contribution in [3.63, 3.8) is 0 Å². The second-order valence-electron chi connectivity index (χ2n) is 5.31. The lowest BCUT2D eigenvalue weighted by molar-refractivity contribution is -0.120. The van der Waals surface area contributed by atoms with E-state index in [1.54, 1.807) is 0 Å². The van der Waals surface area contributed by atoms with Gasteiger partial charge < -0.3 is 11.1 Å². The molecule has 0 saturated carbocycles. The van der Waals surface area contributed by atoms with Crippen LogP contribution < -0.4 is 11.1 Å². The molecule has 0 fully saturated rings. The number of carbonyl (C=O) groups excluding carboxylic acids is 1. The maximum Gasteiger partial charge on any atom is 0.224 e. The number of nitrogens with one attached hydrogen (secondary N) is 1. The molecular weight excluding hydrogens is 224 g/mol. The molecule has 0 spiro atoms. The average Bonchev–Trinajstić information content (AvgIpc) is 2.30. The summed E-state index contributed by atoms with van der Waals surface area (Å²) in [4.78, 5) is 11.8. The second kappa shape index (κ2) is 6.55. The topological polar surface area (TPSA) is 55.1 Å². The number of carbonyl (C=O) groups is 1. The summed E-state index contributed by atoms with van der Waals surface area (Å²) >= 11 is 0. The van der Waals surface area contributed by atoms with E-state index in [1.165, 1.54) is 11.1 Å². The first-order valence-corrected chi connectivity index (χ1v) is 6.48. The van der Waals surface area contributed by atoms with Crippen LogP contribution in [0.15, 0.2) is 18.2 Å². The van der Waals surface area contributed by atoms with Crippen LogP contribution in [-0.2, 0) is 11.2 Å². The number of rotatable bonds is 5. The van der Waals surface area contributed by atoms with E-state index in [-0.39, 0.29) is 11.9 Å². The number of hydrogen-bond acceptors (Lipinski definition) is 2. The fraction of sp³-hybridized carbons (Fsp3) is 0.533. The van der Waals surface area contributed by atoms with E-state index < -0.39 is 0 Å². The lowest BCUT2D eigenvalue weighted by atomic mass is 10.0. The summed E-state index contributed by atoms with van der Waals surface area (Å²) in [7, 11) is 0. The first kappa shape index (κ1) is 14.7. The van der Waals surface area contributed by atoms with Crippen LogP contribution in [0.4, 0.5) is 0 Å². The van der Waals surface area contributed by atoms with Gasteiger partial charge in [-0.15, -0.1) is 0 Å². The molecule has 3 heteroatoms. The van der Waals surface area contributed by atoms with Gasteiger partial charge in [-0.25, -0.2) is 0 Å². The van der Waals surface area contributed by atoms with Crippen LogP contribution in [-0.4, -0.2) is 18.5 Å². The van der Waals surface area contributed by atoms with Crippen molar-refractivity contribution in [2.45, 2.75) is 40.2 Å². The Morgan fingerprint density at radius 1 is 1.28 bits per heavy atom. The first-order valence-electron chi connectivity index (χ1n) is 6.48. The van der Waals surface area contributed by atoms with Crippen molar-refractivity contribution in [2.75, 3.05) is 6.54 Å². The minimum Gasteiger partial charge on any atom is -0.354 e. The summed E-state index contributed by atoms with van der Waals surface area (Å²) in [6.45, 7) is 8.79. The van der Waals surface area contributed by atoms with E-state index >= 15 is 0 Å².